The molecule has 1 aromatic heterocycles. The summed E-state index contributed by atoms with van der Waals surface area (Å²) < 4.78 is 48.0. The molecule has 1 fully saturated rings. The number of carbonyl (C=O) groups is 2. The molecule has 3 aromatic rings. The van der Waals surface area contributed by atoms with Crippen LogP contribution in [0.4, 0.5) is 5.69 Å². The predicted octanol–water partition coefficient (Wildman–Crippen LogP) is 3.27. The van der Waals surface area contributed by atoms with Gasteiger partial charge >= 0.3 is 5.97 Å². The molecule has 0 bridgehead atoms. The van der Waals surface area contributed by atoms with E-state index in [1.807, 2.05) is 6.92 Å². The van der Waals surface area contributed by atoms with Crippen LogP contribution >= 0.6 is 0 Å². The minimum atomic E-state index is -4.15. The lowest BCUT2D eigenvalue weighted by Crippen LogP contribution is -2.41. The van der Waals surface area contributed by atoms with Crippen LogP contribution < -0.4 is 19.5 Å². The number of carboxylic acid groups (broad SMARTS) is 1. The second-order valence-corrected chi connectivity index (χ2v) is 11.8. The molecular weight excluding hydrogens is 578 g/mol. The van der Waals surface area contributed by atoms with Crippen molar-refractivity contribution < 1.29 is 37.3 Å². The van der Waals surface area contributed by atoms with Crippen LogP contribution in [0.3, 0.4) is 0 Å². The first-order chi connectivity index (χ1) is 20.5. The fourth-order valence-electron chi connectivity index (χ4n) is 4.38. The van der Waals surface area contributed by atoms with Crippen molar-refractivity contribution >= 4 is 27.6 Å². The average Bonchev–Trinajstić information content (AvgIpc) is 3.33. The summed E-state index contributed by atoms with van der Waals surface area (Å²) >= 11 is 0. The number of hydrogen-bond donors (Lipinski definition) is 3. The summed E-state index contributed by atoms with van der Waals surface area (Å²) in [4.78, 5) is 26.4. The number of carbonyl (C=O) groups excluding carboxylic acids is 1. The summed E-state index contributed by atoms with van der Waals surface area (Å²) in [6, 6.07) is 11.0. The number of anilines is 1. The summed E-state index contributed by atoms with van der Waals surface area (Å²) in [5.74, 6) is -1.27. The van der Waals surface area contributed by atoms with Crippen molar-refractivity contribution in [3.8, 4) is 23.1 Å². The van der Waals surface area contributed by atoms with Crippen LogP contribution in [0, 0.1) is 12.8 Å². The highest BCUT2D eigenvalue weighted by Crippen LogP contribution is 2.35. The van der Waals surface area contributed by atoms with E-state index in [0.29, 0.717) is 50.7 Å². The number of hydrogen-bond acceptors (Lipinski definition) is 9. The molecule has 1 aliphatic heterocycles. The Labute approximate surface area is 250 Å². The third kappa shape index (κ3) is 7.70. The summed E-state index contributed by atoms with van der Waals surface area (Å²) in [6.45, 7) is 8.38. The lowest BCUT2D eigenvalue weighted by molar-refractivity contribution is -0.119. The van der Waals surface area contributed by atoms with Crippen LogP contribution in [-0.4, -0.2) is 86.6 Å². The molecule has 2 aromatic carbocycles. The highest BCUT2D eigenvalue weighted by molar-refractivity contribution is 7.89. The number of aromatic carboxylic acids is 1. The molecule has 0 saturated carbocycles. The van der Waals surface area contributed by atoms with Crippen molar-refractivity contribution in [3.05, 3.63) is 53.7 Å². The Morgan fingerprint density at radius 2 is 1.84 bits per heavy atom. The van der Waals surface area contributed by atoms with Crippen LogP contribution in [0.25, 0.3) is 5.69 Å². The highest BCUT2D eigenvalue weighted by Gasteiger charge is 2.27. The van der Waals surface area contributed by atoms with Gasteiger partial charge in [-0.3, -0.25) is 9.69 Å². The molecule has 1 amide bonds. The Bertz CT molecular complexity index is 1550. The van der Waals surface area contributed by atoms with Crippen LogP contribution in [0.1, 0.15) is 36.3 Å². The summed E-state index contributed by atoms with van der Waals surface area (Å²) in [5, 5.41) is 16.8. The van der Waals surface area contributed by atoms with Crippen molar-refractivity contribution in [2.75, 3.05) is 51.8 Å². The summed E-state index contributed by atoms with van der Waals surface area (Å²) in [6.07, 6.45) is 0.613. The lowest BCUT2D eigenvalue weighted by atomic mass is 10.1. The maximum atomic E-state index is 13.7. The second-order valence-electron chi connectivity index (χ2n) is 10.1. The molecule has 1 atom stereocenters. The maximum absolute atomic E-state index is 13.7. The Kier molecular flexibility index (Phi) is 10.4. The molecule has 0 aliphatic carbocycles. The van der Waals surface area contributed by atoms with E-state index in [9.17, 15) is 23.1 Å². The van der Waals surface area contributed by atoms with E-state index in [-0.39, 0.29) is 51.8 Å². The number of nitrogens with one attached hydrogen (secondary N) is 2. The number of aromatic nitrogens is 2. The number of morpholine rings is 1. The minimum absolute atomic E-state index is 0.0173. The average molecular weight is 616 g/mol. The van der Waals surface area contributed by atoms with E-state index >= 15 is 0 Å². The molecular formula is C29H37N5O8S. The third-order valence-electron chi connectivity index (χ3n) is 7.18. The molecule has 2 heterocycles. The Morgan fingerprint density at radius 1 is 1.14 bits per heavy atom. The van der Waals surface area contributed by atoms with E-state index in [2.05, 4.69) is 20.0 Å². The molecule has 3 N–H and O–H groups in total. The van der Waals surface area contributed by atoms with Gasteiger partial charge in [-0.25, -0.2) is 17.9 Å². The number of amides is 1. The van der Waals surface area contributed by atoms with Gasteiger partial charge in [-0.1, -0.05) is 13.8 Å². The van der Waals surface area contributed by atoms with Crippen molar-refractivity contribution in [1.82, 2.24) is 19.4 Å². The number of benzene rings is 2. The van der Waals surface area contributed by atoms with Crippen LogP contribution in [0.2, 0.25) is 0 Å². The smallest absolute Gasteiger partial charge is 0.356 e. The molecule has 4 rings (SSSR count). The van der Waals surface area contributed by atoms with Crippen LogP contribution in [-0.2, 0) is 19.6 Å². The third-order valence-corrected chi connectivity index (χ3v) is 8.66. The minimum Gasteiger partial charge on any atom is -0.497 e. The first-order valence-electron chi connectivity index (χ1n) is 13.9. The zero-order valence-corrected chi connectivity index (χ0v) is 25.4. The molecule has 1 saturated heterocycles. The normalized spacial score (nSPS) is 14.7. The van der Waals surface area contributed by atoms with Gasteiger partial charge in [0.25, 0.3) is 0 Å². The number of carboxylic acids is 1. The topological polar surface area (TPSA) is 161 Å². The quantitative estimate of drug-likeness (QED) is 0.260. The first kappa shape index (κ1) is 31.9. The highest BCUT2D eigenvalue weighted by atomic mass is 32.2. The number of methoxy groups -OCH3 is 1. The number of sulfonamides is 1. The molecule has 13 nitrogen and oxygen atoms in total. The molecule has 0 unspecified atom stereocenters. The number of nitrogens with zero attached hydrogens (tertiary/aromatic N) is 3. The fraction of sp³-hybridized carbons (Fsp3) is 0.414. The SMILES string of the molecule is CC[C@@H](C)C(=O)Nc1ccc(Oc2c(C)c(C(=O)O)nn2-c2ccc(OC)cc2)c(S(=O)(=O)NCCN2CCOCC2)c1. The van der Waals surface area contributed by atoms with Gasteiger partial charge in [0.15, 0.2) is 5.69 Å². The molecule has 14 heteroatoms. The number of ether oxygens (including phenoxy) is 3. The zero-order valence-electron chi connectivity index (χ0n) is 24.6. The molecule has 232 valence electrons. The van der Waals surface area contributed by atoms with Gasteiger partial charge in [-0.2, -0.15) is 9.78 Å². The largest absolute Gasteiger partial charge is 0.497 e. The van der Waals surface area contributed by atoms with Crippen molar-refractivity contribution in [2.45, 2.75) is 32.1 Å². The van der Waals surface area contributed by atoms with Crippen molar-refractivity contribution in [3.63, 3.8) is 0 Å². The van der Waals surface area contributed by atoms with Crippen LogP contribution in [0.15, 0.2) is 47.4 Å². The van der Waals surface area contributed by atoms with Gasteiger partial charge in [0.05, 0.1) is 26.0 Å². The number of rotatable bonds is 13. The zero-order chi connectivity index (χ0) is 31.1. The summed E-state index contributed by atoms with van der Waals surface area (Å²) in [7, 11) is -2.63. The molecule has 1 aliphatic rings. The van der Waals surface area contributed by atoms with Crippen molar-refractivity contribution in [2.24, 2.45) is 5.92 Å². The molecule has 0 spiro atoms. The first-order valence-corrected chi connectivity index (χ1v) is 15.4. The second kappa shape index (κ2) is 14.0. The van der Waals surface area contributed by atoms with E-state index in [1.165, 1.54) is 36.9 Å². The van der Waals surface area contributed by atoms with Gasteiger partial charge in [0.2, 0.25) is 21.8 Å². The maximum Gasteiger partial charge on any atom is 0.356 e. The van der Waals surface area contributed by atoms with Gasteiger partial charge in [0.1, 0.15) is 16.4 Å². The van der Waals surface area contributed by atoms with Gasteiger partial charge in [-0.05, 0) is 55.8 Å². The predicted molar refractivity (Wildman–Crippen MR) is 159 cm³/mol. The fourth-order valence-corrected chi connectivity index (χ4v) is 5.55. The molecule has 0 radical (unpaired) electrons. The monoisotopic (exact) mass is 615 g/mol. The van der Waals surface area contributed by atoms with Gasteiger partial charge in [-0.15, -0.1) is 0 Å². The van der Waals surface area contributed by atoms with E-state index in [1.54, 1.807) is 31.2 Å². The van der Waals surface area contributed by atoms with Crippen molar-refractivity contribution in [1.29, 1.82) is 0 Å². The lowest BCUT2D eigenvalue weighted by Gasteiger charge is -2.26. The van der Waals surface area contributed by atoms with E-state index < -0.39 is 16.0 Å². The van der Waals surface area contributed by atoms with E-state index in [4.69, 9.17) is 14.2 Å². The standard InChI is InChI=1S/C29H37N5O8S/c1-5-19(2)27(35)31-21-6-11-24(25(18-21)43(38,39)30-12-13-33-14-16-41-17-15-33)42-28-20(3)26(29(36)37)32-34(28)22-7-9-23(40-4)10-8-22/h6-11,18-19,30H,5,12-17H2,1-4H3,(H,31,35)(H,36,37)/t19-/m1/s1. The van der Waals surface area contributed by atoms with Gasteiger partial charge < -0.3 is 24.6 Å². The summed E-state index contributed by atoms with van der Waals surface area (Å²) in [5.41, 5.74) is 0.687. The Balaban J connectivity index is 1.72. The van der Waals surface area contributed by atoms with Gasteiger partial charge in [0, 0.05) is 43.3 Å². The Hall–Kier alpha value is -3.98. The van der Waals surface area contributed by atoms with E-state index in [0.717, 1.165) is 0 Å². The Morgan fingerprint density at radius 3 is 2.47 bits per heavy atom. The van der Waals surface area contributed by atoms with Crippen LogP contribution in [0.5, 0.6) is 17.4 Å². The molecule has 43 heavy (non-hydrogen) atoms.